The van der Waals surface area contributed by atoms with E-state index >= 15 is 0 Å². The molecule has 2 aromatic rings. The third-order valence-corrected chi connectivity index (χ3v) is 4.32. The quantitative estimate of drug-likeness (QED) is 0.789. The highest BCUT2D eigenvalue weighted by Gasteiger charge is 2.14. The maximum absolute atomic E-state index is 10.0. The van der Waals surface area contributed by atoms with Crippen molar-refractivity contribution in [3.8, 4) is 17.1 Å². The highest BCUT2D eigenvalue weighted by molar-refractivity contribution is 5.60. The summed E-state index contributed by atoms with van der Waals surface area (Å²) in [5.41, 5.74) is 2.01. The Hall–Kier alpha value is -2.08. The molecule has 0 amide bonds. The van der Waals surface area contributed by atoms with Crippen LogP contribution in [0.3, 0.4) is 0 Å². The summed E-state index contributed by atoms with van der Waals surface area (Å²) in [4.78, 5) is 6.29. The molecule has 1 unspecified atom stereocenters. The summed E-state index contributed by atoms with van der Waals surface area (Å²) in [6.07, 6.45) is 5.90. The predicted octanol–water partition coefficient (Wildman–Crippen LogP) is 2.32. The van der Waals surface area contributed by atoms with Crippen LogP contribution in [0.1, 0.15) is 31.2 Å². The zero-order valence-electron chi connectivity index (χ0n) is 13.8. The van der Waals surface area contributed by atoms with Gasteiger partial charge in [0.25, 0.3) is 0 Å². The van der Waals surface area contributed by atoms with Crippen molar-refractivity contribution in [3.05, 3.63) is 23.8 Å². The molecule has 0 aliphatic carbocycles. The molecule has 1 aromatic heterocycles. The number of aromatic hydroxyl groups is 1. The first-order chi connectivity index (χ1) is 11.1. The van der Waals surface area contributed by atoms with Crippen LogP contribution >= 0.6 is 0 Å². The summed E-state index contributed by atoms with van der Waals surface area (Å²) < 4.78 is 0. The summed E-state index contributed by atoms with van der Waals surface area (Å²) >= 11 is 0. The molecule has 3 N–H and O–H groups in total. The van der Waals surface area contributed by atoms with Gasteiger partial charge in [0.2, 0.25) is 5.95 Å². The fraction of sp³-hybridized carbons (Fsp3) is 0.529. The molecule has 1 aliphatic heterocycles. The van der Waals surface area contributed by atoms with E-state index in [9.17, 15) is 5.11 Å². The van der Waals surface area contributed by atoms with Crippen LogP contribution in [0.5, 0.6) is 5.75 Å². The van der Waals surface area contributed by atoms with Crippen molar-refractivity contribution in [1.82, 2.24) is 20.5 Å². The third-order valence-electron chi connectivity index (χ3n) is 4.32. The number of aromatic nitrogens is 3. The molecule has 0 radical (unpaired) electrons. The highest BCUT2D eigenvalue weighted by atomic mass is 16.3. The first kappa shape index (κ1) is 15.8. The van der Waals surface area contributed by atoms with Crippen LogP contribution in [0.15, 0.2) is 18.2 Å². The van der Waals surface area contributed by atoms with Gasteiger partial charge in [0.05, 0.1) is 0 Å². The van der Waals surface area contributed by atoms with Gasteiger partial charge in [-0.15, -0.1) is 5.10 Å². The van der Waals surface area contributed by atoms with Gasteiger partial charge in [-0.25, -0.2) is 0 Å². The molecule has 23 heavy (non-hydrogen) atoms. The van der Waals surface area contributed by atoms with Gasteiger partial charge in [0.15, 0.2) is 5.82 Å². The van der Waals surface area contributed by atoms with Gasteiger partial charge >= 0.3 is 0 Å². The Morgan fingerprint density at radius 1 is 1.26 bits per heavy atom. The van der Waals surface area contributed by atoms with Gasteiger partial charge in [0.1, 0.15) is 5.75 Å². The molecule has 2 heterocycles. The van der Waals surface area contributed by atoms with Crippen LogP contribution in [0.25, 0.3) is 11.4 Å². The summed E-state index contributed by atoms with van der Waals surface area (Å²) in [5, 5.41) is 20.7. The smallest absolute Gasteiger partial charge is 0.244 e. The molecular formula is C17H25N5O. The van der Waals surface area contributed by atoms with Crippen molar-refractivity contribution in [2.75, 3.05) is 25.5 Å². The van der Waals surface area contributed by atoms with Crippen molar-refractivity contribution < 1.29 is 5.11 Å². The molecule has 1 fully saturated rings. The van der Waals surface area contributed by atoms with Crippen molar-refractivity contribution in [2.24, 2.45) is 0 Å². The summed E-state index contributed by atoms with van der Waals surface area (Å²) in [7, 11) is 3.80. The Labute approximate surface area is 136 Å². The topological polar surface area (TPSA) is 77.1 Å². The number of phenols is 1. The number of nitrogens with zero attached hydrogens (tertiary/aromatic N) is 3. The number of anilines is 1. The van der Waals surface area contributed by atoms with E-state index in [-0.39, 0.29) is 5.75 Å². The van der Waals surface area contributed by atoms with Gasteiger partial charge in [-0.1, -0.05) is 6.42 Å². The largest absolute Gasteiger partial charge is 0.508 e. The molecule has 0 bridgehead atoms. The number of benzene rings is 1. The molecule has 6 nitrogen and oxygen atoms in total. The standard InChI is InChI=1S/C17H25N5O/c1-22(2)17-19-16(20-21-17)13-9-12(10-15(23)11-13)6-7-14-5-3-4-8-18-14/h9-11,14,18,23H,3-8H2,1-2H3,(H,19,20,21). The highest BCUT2D eigenvalue weighted by Crippen LogP contribution is 2.25. The Morgan fingerprint density at radius 2 is 2.13 bits per heavy atom. The lowest BCUT2D eigenvalue weighted by molar-refractivity contribution is 0.382. The number of rotatable bonds is 5. The van der Waals surface area contributed by atoms with E-state index in [2.05, 4.69) is 26.6 Å². The van der Waals surface area contributed by atoms with Crippen molar-refractivity contribution in [2.45, 2.75) is 38.1 Å². The number of H-pyrrole nitrogens is 1. The van der Waals surface area contributed by atoms with Gasteiger partial charge in [-0.2, -0.15) is 4.98 Å². The van der Waals surface area contributed by atoms with Gasteiger partial charge in [-0.05, 0) is 56.0 Å². The van der Waals surface area contributed by atoms with Crippen molar-refractivity contribution in [1.29, 1.82) is 0 Å². The molecular weight excluding hydrogens is 290 g/mol. The Morgan fingerprint density at radius 3 is 2.83 bits per heavy atom. The summed E-state index contributed by atoms with van der Waals surface area (Å²) in [6, 6.07) is 6.25. The van der Waals surface area contributed by atoms with Gasteiger partial charge in [0, 0.05) is 25.7 Å². The van der Waals surface area contributed by atoms with Gasteiger partial charge < -0.3 is 15.3 Å². The van der Waals surface area contributed by atoms with Crippen molar-refractivity contribution >= 4 is 5.95 Å². The minimum Gasteiger partial charge on any atom is -0.508 e. The first-order valence-electron chi connectivity index (χ1n) is 8.28. The number of aryl methyl sites for hydroxylation is 1. The average molecular weight is 315 g/mol. The molecule has 0 spiro atoms. The Balaban J connectivity index is 1.72. The number of phenolic OH excluding ortho intramolecular Hbond substituents is 1. The van der Waals surface area contributed by atoms with Crippen LogP contribution in [-0.2, 0) is 6.42 Å². The molecule has 0 saturated carbocycles. The molecule has 6 heteroatoms. The van der Waals surface area contributed by atoms with Gasteiger partial charge in [-0.3, -0.25) is 5.10 Å². The van der Waals surface area contributed by atoms with E-state index in [0.29, 0.717) is 17.8 Å². The zero-order chi connectivity index (χ0) is 16.2. The van der Waals surface area contributed by atoms with Crippen LogP contribution in [0.4, 0.5) is 5.95 Å². The number of hydrogen-bond donors (Lipinski definition) is 3. The van der Waals surface area contributed by atoms with Crippen LogP contribution in [-0.4, -0.2) is 47.0 Å². The van der Waals surface area contributed by atoms with E-state index in [4.69, 9.17) is 0 Å². The number of piperidine rings is 1. The minimum absolute atomic E-state index is 0.275. The lowest BCUT2D eigenvalue weighted by Gasteiger charge is -2.23. The monoisotopic (exact) mass is 315 g/mol. The van der Waals surface area contributed by atoms with Crippen LogP contribution in [0, 0.1) is 0 Å². The van der Waals surface area contributed by atoms with E-state index in [1.807, 2.05) is 25.1 Å². The second-order valence-corrected chi connectivity index (χ2v) is 6.45. The average Bonchev–Trinajstić information content (AvgIpc) is 3.04. The minimum atomic E-state index is 0.275. The molecule has 3 rings (SSSR count). The molecule has 1 aromatic carbocycles. The van der Waals surface area contributed by atoms with Crippen LogP contribution in [0.2, 0.25) is 0 Å². The fourth-order valence-electron chi connectivity index (χ4n) is 3.05. The molecule has 1 atom stereocenters. The third kappa shape index (κ3) is 4.01. The Kier molecular flexibility index (Phi) is 4.81. The second kappa shape index (κ2) is 7.00. The normalized spacial score (nSPS) is 18.1. The number of aromatic amines is 1. The zero-order valence-corrected chi connectivity index (χ0v) is 13.8. The van der Waals surface area contributed by atoms with Crippen LogP contribution < -0.4 is 10.2 Å². The Bertz CT molecular complexity index is 646. The second-order valence-electron chi connectivity index (χ2n) is 6.45. The molecule has 1 aliphatic rings. The SMILES string of the molecule is CN(C)c1n[nH]c(-c2cc(O)cc(CCC3CCCCN3)c2)n1. The number of nitrogens with one attached hydrogen (secondary N) is 2. The van der Waals surface area contributed by atoms with E-state index < -0.39 is 0 Å². The number of hydrogen-bond acceptors (Lipinski definition) is 5. The summed E-state index contributed by atoms with van der Waals surface area (Å²) in [6.45, 7) is 1.13. The van der Waals surface area contributed by atoms with E-state index in [0.717, 1.165) is 30.5 Å². The van der Waals surface area contributed by atoms with E-state index in [1.54, 1.807) is 6.07 Å². The lowest BCUT2D eigenvalue weighted by atomic mass is 9.97. The molecule has 124 valence electrons. The maximum Gasteiger partial charge on any atom is 0.244 e. The maximum atomic E-state index is 10.0. The van der Waals surface area contributed by atoms with Crippen molar-refractivity contribution in [3.63, 3.8) is 0 Å². The fourth-order valence-corrected chi connectivity index (χ4v) is 3.05. The summed E-state index contributed by atoms with van der Waals surface area (Å²) in [5.74, 6) is 1.59. The lowest BCUT2D eigenvalue weighted by Crippen LogP contribution is -2.34. The predicted molar refractivity (Wildman–Crippen MR) is 91.8 cm³/mol. The first-order valence-corrected chi connectivity index (χ1v) is 8.28. The van der Waals surface area contributed by atoms with E-state index in [1.165, 1.54) is 19.3 Å². The molecule has 1 saturated heterocycles.